The second-order valence-electron chi connectivity index (χ2n) is 9.14. The molecule has 1 N–H and O–H groups in total. The highest BCUT2D eigenvalue weighted by Gasteiger charge is 2.40. The molecule has 7 nitrogen and oxygen atoms in total. The van der Waals surface area contributed by atoms with Gasteiger partial charge in [0.1, 0.15) is 5.82 Å². The van der Waals surface area contributed by atoms with Crippen LogP contribution < -0.4 is 4.90 Å². The fourth-order valence-electron chi connectivity index (χ4n) is 3.64. The molecule has 2 aromatic heterocycles. The van der Waals surface area contributed by atoms with Crippen LogP contribution in [-0.4, -0.2) is 61.4 Å². The Balaban J connectivity index is 1.70. The Kier molecular flexibility index (Phi) is 7.11. The van der Waals surface area contributed by atoms with Crippen molar-refractivity contribution in [3.8, 4) is 0 Å². The molecule has 0 saturated carbocycles. The molecule has 4 rings (SSSR count). The van der Waals surface area contributed by atoms with Crippen molar-refractivity contribution in [2.45, 2.75) is 50.8 Å². The van der Waals surface area contributed by atoms with Gasteiger partial charge in [0.05, 0.1) is 19.7 Å². The van der Waals surface area contributed by atoms with Gasteiger partial charge in [-0.1, -0.05) is 71.8 Å². The van der Waals surface area contributed by atoms with Crippen molar-refractivity contribution >= 4 is 38.6 Å². The predicted octanol–water partition coefficient (Wildman–Crippen LogP) is 4.29. The Labute approximate surface area is 199 Å². The average Bonchev–Trinajstić information content (AvgIpc) is 3.34. The number of aromatic nitrogens is 5. The number of hydrogen-bond acceptors (Lipinski definition) is 8. The Bertz CT molecular complexity index is 1120. The number of fused-ring (bicyclic) bond motifs is 1. The summed E-state index contributed by atoms with van der Waals surface area (Å²) < 4.78 is 29.6. The number of aliphatic hydroxyl groups excluding tert-OH is 1. The van der Waals surface area contributed by atoms with Crippen LogP contribution in [0.25, 0.3) is 11.2 Å². The van der Waals surface area contributed by atoms with Gasteiger partial charge in [0.25, 0.3) is 5.92 Å². The highest BCUT2D eigenvalue weighted by Crippen LogP contribution is 2.34. The number of aliphatic hydroxyl groups is 1. The molecule has 1 aliphatic heterocycles. The van der Waals surface area contributed by atoms with Gasteiger partial charge in [0.15, 0.2) is 17.0 Å². The van der Waals surface area contributed by atoms with E-state index in [2.05, 4.69) is 21.4 Å². The summed E-state index contributed by atoms with van der Waals surface area (Å²) in [5, 5.41) is 17.6. The second kappa shape index (κ2) is 9.71. The summed E-state index contributed by atoms with van der Waals surface area (Å²) >= 11 is 0. The maximum atomic E-state index is 14.0. The van der Waals surface area contributed by atoms with Crippen molar-refractivity contribution in [1.82, 2.24) is 25.0 Å². The van der Waals surface area contributed by atoms with Crippen LogP contribution in [0.3, 0.4) is 0 Å². The maximum Gasteiger partial charge on any atom is 0.266 e. The molecule has 1 aliphatic rings. The lowest BCUT2D eigenvalue weighted by atomic mass is 9.96. The summed E-state index contributed by atoms with van der Waals surface area (Å²) in [6.45, 7) is 6.48. The molecule has 33 heavy (non-hydrogen) atoms. The first kappa shape index (κ1) is 24.2. The van der Waals surface area contributed by atoms with E-state index in [1.54, 1.807) is 31.2 Å². The lowest BCUT2D eigenvalue weighted by Crippen LogP contribution is -2.27. The van der Waals surface area contributed by atoms with Crippen LogP contribution in [-0.2, 0) is 17.7 Å². The minimum absolute atomic E-state index is 0.158. The van der Waals surface area contributed by atoms with Gasteiger partial charge in [-0.2, -0.15) is 0 Å². The summed E-state index contributed by atoms with van der Waals surface area (Å²) in [7, 11) is 3.33. The number of alkyl halides is 2. The Morgan fingerprint density at radius 3 is 2.55 bits per heavy atom. The van der Waals surface area contributed by atoms with E-state index in [1.165, 1.54) is 5.56 Å². The highest BCUT2D eigenvalue weighted by molar-refractivity contribution is 8.76. The molecule has 0 radical (unpaired) electrons. The zero-order valence-electron chi connectivity index (χ0n) is 19.0. The average molecular weight is 495 g/mol. The molecule has 11 heteroatoms. The van der Waals surface area contributed by atoms with E-state index in [0.717, 1.165) is 11.3 Å². The summed E-state index contributed by atoms with van der Waals surface area (Å²) in [6, 6.07) is 8.11. The molecule has 1 fully saturated rings. The zero-order valence-corrected chi connectivity index (χ0v) is 20.6. The van der Waals surface area contributed by atoms with E-state index in [-0.39, 0.29) is 31.5 Å². The lowest BCUT2D eigenvalue weighted by molar-refractivity contribution is 0.0257. The molecule has 3 heterocycles. The van der Waals surface area contributed by atoms with Crippen molar-refractivity contribution < 1.29 is 13.9 Å². The van der Waals surface area contributed by atoms with E-state index in [1.807, 2.05) is 39.0 Å². The highest BCUT2D eigenvalue weighted by atomic mass is 33.1. The van der Waals surface area contributed by atoms with Crippen molar-refractivity contribution in [3.63, 3.8) is 0 Å². The quantitative estimate of drug-likeness (QED) is 0.367. The molecule has 0 spiro atoms. The van der Waals surface area contributed by atoms with Crippen LogP contribution in [0, 0.1) is 0 Å². The smallest absolute Gasteiger partial charge is 0.266 e. The maximum absolute atomic E-state index is 14.0. The first-order valence-electron chi connectivity index (χ1n) is 10.8. The summed E-state index contributed by atoms with van der Waals surface area (Å²) in [6.07, 6.45) is -0.198. The first-order valence-corrected chi connectivity index (χ1v) is 13.3. The van der Waals surface area contributed by atoms with Crippen LogP contribution in [0.15, 0.2) is 24.3 Å². The molecule has 3 aromatic rings. The molecule has 0 atom stereocenters. The van der Waals surface area contributed by atoms with Gasteiger partial charge < -0.3 is 10.0 Å². The molecule has 1 saturated heterocycles. The van der Waals surface area contributed by atoms with Crippen molar-refractivity contribution in [2.24, 2.45) is 0 Å². The molecule has 0 bridgehead atoms. The second-order valence-corrected chi connectivity index (χ2v) is 11.7. The van der Waals surface area contributed by atoms with E-state index in [9.17, 15) is 8.78 Å². The van der Waals surface area contributed by atoms with E-state index in [4.69, 9.17) is 10.1 Å². The minimum Gasteiger partial charge on any atom is -0.395 e. The van der Waals surface area contributed by atoms with Crippen LogP contribution in [0.5, 0.6) is 0 Å². The normalized spacial score (nSPS) is 16.1. The van der Waals surface area contributed by atoms with E-state index < -0.39 is 5.92 Å². The molecule has 0 unspecified atom stereocenters. The van der Waals surface area contributed by atoms with Crippen LogP contribution in [0.1, 0.15) is 44.1 Å². The van der Waals surface area contributed by atoms with E-state index in [0.29, 0.717) is 35.1 Å². The largest absolute Gasteiger partial charge is 0.395 e. The molecule has 1 aromatic carbocycles. The number of rotatable bonds is 8. The first-order chi connectivity index (χ1) is 15.7. The number of hydrogen-bond donors (Lipinski definition) is 1. The van der Waals surface area contributed by atoms with Crippen molar-refractivity contribution in [3.05, 3.63) is 41.2 Å². The zero-order chi connectivity index (χ0) is 23.6. The Morgan fingerprint density at radius 1 is 1.12 bits per heavy atom. The molecular weight excluding hydrogens is 466 g/mol. The third-order valence-electron chi connectivity index (χ3n) is 5.40. The standard InChI is InChI=1S/C22H28F2N6OS2/c1-21(2,3)20-25-18(29-9-8-22(23,24)14-29)17-19(26-20)30(28-27-17)12-15-6-4-5-7-16(15)13-33-32-11-10-31/h4-7,31H,8-14H2,1-3H3. The fourth-order valence-corrected chi connectivity index (χ4v) is 5.53. The summed E-state index contributed by atoms with van der Waals surface area (Å²) in [5.74, 6) is -0.250. The monoisotopic (exact) mass is 494 g/mol. The minimum atomic E-state index is -2.74. The fraction of sp³-hybridized carbons (Fsp3) is 0.545. The number of halogens is 2. The van der Waals surface area contributed by atoms with Crippen LogP contribution >= 0.6 is 21.6 Å². The van der Waals surface area contributed by atoms with Gasteiger partial charge in [-0.05, 0) is 11.1 Å². The predicted molar refractivity (Wildman–Crippen MR) is 130 cm³/mol. The van der Waals surface area contributed by atoms with Crippen LogP contribution in [0.4, 0.5) is 14.6 Å². The van der Waals surface area contributed by atoms with Crippen molar-refractivity contribution in [1.29, 1.82) is 0 Å². The van der Waals surface area contributed by atoms with Gasteiger partial charge in [-0.3, -0.25) is 0 Å². The third kappa shape index (κ3) is 5.58. The van der Waals surface area contributed by atoms with Gasteiger partial charge in [-0.25, -0.2) is 23.4 Å². The number of benzene rings is 1. The summed E-state index contributed by atoms with van der Waals surface area (Å²) in [5.41, 5.74) is 2.90. The molecule has 0 aliphatic carbocycles. The van der Waals surface area contributed by atoms with E-state index >= 15 is 0 Å². The molecular formula is C22H28F2N6OS2. The number of anilines is 1. The topological polar surface area (TPSA) is 80.0 Å². The third-order valence-corrected chi connectivity index (χ3v) is 7.69. The SMILES string of the molecule is CC(C)(C)c1nc(N2CCC(F)(F)C2)c2nnn(Cc3ccccc3CSSCCO)c2n1. The molecule has 178 valence electrons. The summed E-state index contributed by atoms with van der Waals surface area (Å²) in [4.78, 5) is 11.0. The van der Waals surface area contributed by atoms with Crippen molar-refractivity contribution in [2.75, 3.05) is 30.3 Å². The Hall–Kier alpha value is -1.98. The number of nitrogens with zero attached hydrogens (tertiary/aromatic N) is 6. The lowest BCUT2D eigenvalue weighted by Gasteiger charge is -2.22. The van der Waals surface area contributed by atoms with Gasteiger partial charge in [0, 0.05) is 29.9 Å². The van der Waals surface area contributed by atoms with Gasteiger partial charge in [0.2, 0.25) is 0 Å². The van der Waals surface area contributed by atoms with Crippen LogP contribution in [0.2, 0.25) is 0 Å². The van der Waals surface area contributed by atoms with Gasteiger partial charge >= 0.3 is 0 Å². The molecule has 0 amide bonds. The van der Waals surface area contributed by atoms with Gasteiger partial charge in [-0.15, -0.1) is 5.10 Å². The Morgan fingerprint density at radius 2 is 1.88 bits per heavy atom.